The van der Waals surface area contributed by atoms with Gasteiger partial charge in [-0.15, -0.1) is 6.58 Å². The lowest BCUT2D eigenvalue weighted by molar-refractivity contribution is -0.122. The minimum absolute atomic E-state index is 0.0395. The van der Waals surface area contributed by atoms with Gasteiger partial charge < -0.3 is 8.92 Å². The Morgan fingerprint density at radius 3 is 2.31 bits per heavy atom. The van der Waals surface area contributed by atoms with Gasteiger partial charge >= 0.3 is 16.1 Å². The summed E-state index contributed by atoms with van der Waals surface area (Å²) in [5.41, 5.74) is 1.48. The molecule has 1 N–H and O–H groups in total. The van der Waals surface area contributed by atoms with E-state index in [2.05, 4.69) is 11.9 Å². The number of amides is 4. The van der Waals surface area contributed by atoms with Crippen molar-refractivity contribution in [2.75, 3.05) is 12.0 Å². The summed E-state index contributed by atoms with van der Waals surface area (Å²) in [7, 11) is -2.88. The molecule has 0 aliphatic carbocycles. The number of nitrogens with zero attached hydrogens (tertiary/aromatic N) is 1. The summed E-state index contributed by atoms with van der Waals surface area (Å²) in [6.45, 7) is 5.54. The number of urea groups is 1. The van der Waals surface area contributed by atoms with Crippen LogP contribution < -0.4 is 19.1 Å². The van der Waals surface area contributed by atoms with E-state index in [1.807, 2.05) is 6.92 Å². The van der Waals surface area contributed by atoms with Crippen LogP contribution in [0.5, 0.6) is 11.5 Å². The van der Waals surface area contributed by atoms with E-state index in [4.69, 9.17) is 20.5 Å². The minimum atomic E-state index is -4.21. The standard InChI is InChI=1S/C28H23ClN2O7S/c1-4-5-19-14-18(16-24(37-3)25(19)38-39(35,36)22-12-6-17(2)7-13-22)15-23-26(32)30-28(34)31(27(23)33)21-10-8-20(29)9-11-21/h4,6-16H,1,5H2,2-3H3,(H,30,32,34)/b23-15+. The smallest absolute Gasteiger partial charge is 0.339 e. The Labute approximate surface area is 230 Å². The van der Waals surface area contributed by atoms with Gasteiger partial charge in [-0.25, -0.2) is 9.69 Å². The number of imide groups is 2. The largest absolute Gasteiger partial charge is 0.493 e. The predicted molar refractivity (Wildman–Crippen MR) is 146 cm³/mol. The molecular weight excluding hydrogens is 544 g/mol. The zero-order valence-electron chi connectivity index (χ0n) is 20.9. The topological polar surface area (TPSA) is 119 Å². The second-order valence-corrected chi connectivity index (χ2v) is 10.5. The van der Waals surface area contributed by atoms with Crippen LogP contribution in [-0.2, 0) is 26.1 Å². The molecule has 0 radical (unpaired) electrons. The van der Waals surface area contributed by atoms with Gasteiger partial charge in [-0.05, 0) is 73.5 Å². The van der Waals surface area contributed by atoms with E-state index in [9.17, 15) is 22.8 Å². The van der Waals surface area contributed by atoms with E-state index < -0.39 is 28.0 Å². The lowest BCUT2D eigenvalue weighted by Crippen LogP contribution is -2.54. The Morgan fingerprint density at radius 2 is 1.69 bits per heavy atom. The molecule has 9 nitrogen and oxygen atoms in total. The number of anilines is 1. The number of carbonyl (C=O) groups is 3. The second-order valence-electron chi connectivity index (χ2n) is 8.49. The van der Waals surface area contributed by atoms with Crippen molar-refractivity contribution in [1.82, 2.24) is 5.32 Å². The molecule has 4 amide bonds. The molecule has 0 aromatic heterocycles. The molecule has 1 saturated heterocycles. The first-order chi connectivity index (χ1) is 18.5. The van der Waals surface area contributed by atoms with Crippen LogP contribution in [0.1, 0.15) is 16.7 Å². The number of barbiturate groups is 1. The van der Waals surface area contributed by atoms with Crippen LogP contribution in [-0.4, -0.2) is 33.4 Å². The summed E-state index contributed by atoms with van der Waals surface area (Å²) in [5.74, 6) is -1.75. The molecule has 0 unspecified atom stereocenters. The van der Waals surface area contributed by atoms with Crippen LogP contribution >= 0.6 is 11.6 Å². The van der Waals surface area contributed by atoms with Crippen LogP contribution in [0.3, 0.4) is 0 Å². The number of hydrogen-bond acceptors (Lipinski definition) is 7. The summed E-state index contributed by atoms with van der Waals surface area (Å²) in [5, 5.41) is 2.56. The molecule has 3 aromatic carbocycles. The van der Waals surface area contributed by atoms with Gasteiger partial charge in [0.25, 0.3) is 11.8 Å². The fraction of sp³-hybridized carbons (Fsp3) is 0.107. The van der Waals surface area contributed by atoms with Crippen molar-refractivity contribution in [2.24, 2.45) is 0 Å². The monoisotopic (exact) mass is 566 g/mol. The lowest BCUT2D eigenvalue weighted by Gasteiger charge is -2.26. The molecule has 1 fully saturated rings. The predicted octanol–water partition coefficient (Wildman–Crippen LogP) is 4.82. The van der Waals surface area contributed by atoms with Gasteiger partial charge in [0.15, 0.2) is 11.5 Å². The first kappa shape index (κ1) is 27.6. The van der Waals surface area contributed by atoms with Gasteiger partial charge in [0, 0.05) is 10.6 Å². The average Bonchev–Trinajstić information content (AvgIpc) is 2.89. The number of allylic oxidation sites excluding steroid dienone is 1. The van der Waals surface area contributed by atoms with E-state index >= 15 is 0 Å². The molecule has 0 saturated carbocycles. The molecule has 1 aliphatic heterocycles. The Morgan fingerprint density at radius 1 is 1.03 bits per heavy atom. The number of carbonyl (C=O) groups excluding carboxylic acids is 3. The van der Waals surface area contributed by atoms with Crippen LogP contribution in [0.2, 0.25) is 5.02 Å². The zero-order valence-corrected chi connectivity index (χ0v) is 22.5. The molecule has 4 rings (SSSR count). The lowest BCUT2D eigenvalue weighted by atomic mass is 10.0. The van der Waals surface area contributed by atoms with Crippen LogP contribution in [0.4, 0.5) is 10.5 Å². The molecular formula is C28H23ClN2O7S. The molecule has 0 bridgehead atoms. The van der Waals surface area contributed by atoms with E-state index in [0.717, 1.165) is 10.5 Å². The number of benzene rings is 3. The van der Waals surface area contributed by atoms with Crippen molar-refractivity contribution in [3.05, 3.63) is 101 Å². The van der Waals surface area contributed by atoms with E-state index in [-0.39, 0.29) is 34.1 Å². The first-order valence-corrected chi connectivity index (χ1v) is 13.3. The fourth-order valence-corrected chi connectivity index (χ4v) is 4.93. The number of ether oxygens (including phenoxy) is 1. The number of methoxy groups -OCH3 is 1. The summed E-state index contributed by atoms with van der Waals surface area (Å²) in [6, 6.07) is 14.2. The van der Waals surface area contributed by atoms with Gasteiger partial charge in [-0.3, -0.25) is 14.9 Å². The normalized spacial score (nSPS) is 14.8. The minimum Gasteiger partial charge on any atom is -0.493 e. The number of aryl methyl sites for hydroxylation is 1. The summed E-state index contributed by atoms with van der Waals surface area (Å²) in [6.07, 6.45) is 3.00. The highest BCUT2D eigenvalue weighted by atomic mass is 35.5. The second kappa shape index (κ2) is 11.1. The third-order valence-corrected chi connectivity index (χ3v) is 7.23. The van der Waals surface area contributed by atoms with Crippen molar-refractivity contribution >= 4 is 51.3 Å². The van der Waals surface area contributed by atoms with Gasteiger partial charge in [0.2, 0.25) is 0 Å². The molecule has 0 atom stereocenters. The van der Waals surface area contributed by atoms with E-state index in [0.29, 0.717) is 16.1 Å². The van der Waals surface area contributed by atoms with Gasteiger partial charge in [0.05, 0.1) is 12.8 Å². The molecule has 1 heterocycles. The Bertz CT molecular complexity index is 1610. The zero-order chi connectivity index (χ0) is 28.3. The number of hydrogen-bond donors (Lipinski definition) is 1. The third kappa shape index (κ3) is 5.87. The van der Waals surface area contributed by atoms with Crippen LogP contribution in [0.15, 0.2) is 83.8 Å². The molecule has 3 aromatic rings. The number of rotatable bonds is 8. The maximum atomic E-state index is 13.2. The Balaban J connectivity index is 1.76. The van der Waals surface area contributed by atoms with Gasteiger partial charge in [-0.2, -0.15) is 8.42 Å². The molecule has 11 heteroatoms. The maximum Gasteiger partial charge on any atom is 0.339 e. The number of nitrogens with one attached hydrogen (secondary N) is 1. The fourth-order valence-electron chi connectivity index (χ4n) is 3.83. The average molecular weight is 567 g/mol. The Kier molecular flexibility index (Phi) is 7.89. The summed E-state index contributed by atoms with van der Waals surface area (Å²) >= 11 is 5.91. The third-order valence-electron chi connectivity index (χ3n) is 5.74. The SMILES string of the molecule is C=CCc1cc(/C=C2\C(=O)NC(=O)N(c3ccc(Cl)cc3)C2=O)cc(OC)c1OS(=O)(=O)c1ccc(C)cc1. The number of halogens is 1. The molecule has 39 heavy (non-hydrogen) atoms. The Hall–Kier alpha value is -4.41. The van der Waals surface area contributed by atoms with Crippen LogP contribution in [0, 0.1) is 6.92 Å². The molecule has 0 spiro atoms. The molecule has 1 aliphatic rings. The highest BCUT2D eigenvalue weighted by molar-refractivity contribution is 7.87. The summed E-state index contributed by atoms with van der Waals surface area (Å²) in [4.78, 5) is 39.1. The highest BCUT2D eigenvalue weighted by Gasteiger charge is 2.37. The van der Waals surface area contributed by atoms with E-state index in [1.165, 1.54) is 61.7 Å². The van der Waals surface area contributed by atoms with Gasteiger partial charge in [-0.1, -0.05) is 35.4 Å². The quantitative estimate of drug-likeness (QED) is 0.180. The van der Waals surface area contributed by atoms with E-state index in [1.54, 1.807) is 18.2 Å². The van der Waals surface area contributed by atoms with Crippen molar-refractivity contribution in [2.45, 2.75) is 18.2 Å². The first-order valence-electron chi connectivity index (χ1n) is 11.5. The highest BCUT2D eigenvalue weighted by Crippen LogP contribution is 2.37. The molecule has 200 valence electrons. The van der Waals surface area contributed by atoms with Crippen molar-refractivity contribution < 1.29 is 31.7 Å². The van der Waals surface area contributed by atoms with Crippen molar-refractivity contribution in [3.63, 3.8) is 0 Å². The summed E-state index contributed by atoms with van der Waals surface area (Å²) < 4.78 is 36.9. The van der Waals surface area contributed by atoms with Crippen LogP contribution in [0.25, 0.3) is 6.08 Å². The van der Waals surface area contributed by atoms with Gasteiger partial charge in [0.1, 0.15) is 10.5 Å². The maximum absolute atomic E-state index is 13.2. The van der Waals surface area contributed by atoms with Crippen molar-refractivity contribution in [1.29, 1.82) is 0 Å². The van der Waals surface area contributed by atoms with Crippen molar-refractivity contribution in [3.8, 4) is 11.5 Å².